The van der Waals surface area contributed by atoms with Crippen molar-refractivity contribution in [2.24, 2.45) is 11.8 Å². The molecule has 2 fully saturated rings. The predicted octanol–water partition coefficient (Wildman–Crippen LogP) is 8.19. The van der Waals surface area contributed by atoms with Crippen LogP contribution in [0.4, 0.5) is 0 Å². The number of carbonyl (C=O) groups excluding carboxylic acids is 2. The number of imidazole rings is 2. The summed E-state index contributed by atoms with van der Waals surface area (Å²) in [7, 11) is 0. The molecule has 2 aromatic heterocycles. The van der Waals surface area contributed by atoms with Gasteiger partial charge in [-0.2, -0.15) is 0 Å². The van der Waals surface area contributed by atoms with Gasteiger partial charge in [0.1, 0.15) is 11.6 Å². The molecular formula is C44H62N8O2. The Morgan fingerprint density at radius 3 is 1.26 bits per heavy atom. The number of nitrogens with zero attached hydrogens (tertiary/aromatic N) is 6. The summed E-state index contributed by atoms with van der Waals surface area (Å²) in [5.41, 5.74) is 6.31. The number of aromatic nitrogens is 4. The number of benzene rings is 2. The Morgan fingerprint density at radius 2 is 0.944 bits per heavy atom. The monoisotopic (exact) mass is 734 g/mol. The van der Waals surface area contributed by atoms with Gasteiger partial charge >= 0.3 is 0 Å². The molecule has 2 amide bonds. The van der Waals surface area contributed by atoms with Crippen molar-refractivity contribution in [3.8, 4) is 33.6 Å². The summed E-state index contributed by atoms with van der Waals surface area (Å²) in [6, 6.07) is 16.8. The molecule has 290 valence electrons. The molecule has 10 nitrogen and oxygen atoms in total. The SMILES string of the molecule is CCN(CC)[C@@H](C(=O)N1CCC[C@H]1c1ncc(-c2ccc(-c3ccc(-c4cnc([C@@H]5CCCN5C(=O)[C@@H](C(C)C)N(CC)CC)[nH]4)cc3)cc2)[nH]1)C(C)C. The van der Waals surface area contributed by atoms with Crippen molar-refractivity contribution in [1.82, 2.24) is 39.5 Å². The van der Waals surface area contributed by atoms with E-state index < -0.39 is 0 Å². The summed E-state index contributed by atoms with van der Waals surface area (Å²) < 4.78 is 0. The van der Waals surface area contributed by atoms with Crippen LogP contribution in [0.15, 0.2) is 60.9 Å². The lowest BCUT2D eigenvalue weighted by molar-refractivity contribution is -0.140. The van der Waals surface area contributed by atoms with Crippen LogP contribution in [0.1, 0.15) is 105 Å². The van der Waals surface area contributed by atoms with Gasteiger partial charge in [-0.3, -0.25) is 19.4 Å². The van der Waals surface area contributed by atoms with Gasteiger partial charge in [0.2, 0.25) is 11.8 Å². The fraction of sp³-hybridized carbons (Fsp3) is 0.545. The first-order chi connectivity index (χ1) is 26.1. The zero-order valence-electron chi connectivity index (χ0n) is 33.8. The summed E-state index contributed by atoms with van der Waals surface area (Å²) in [6.45, 7) is 22.1. The van der Waals surface area contributed by atoms with Crippen LogP contribution < -0.4 is 0 Å². The standard InChI is InChI=1S/C44H62N8O2/c1-9-49(10-2)39(29(5)6)43(53)51-25-13-15-37(51)41-45-27-35(47-41)33-21-17-31(18-22-33)32-19-23-34(24-20-32)36-28-46-42(48-36)38-16-14-26-52(38)44(54)40(30(7)8)50(11-3)12-4/h17-24,27-30,37-40H,9-16,25-26H2,1-8H3,(H,45,47)(H,46,48)/t37-,38-,39+,40+/m0/s1. The number of amides is 2. The molecule has 0 bridgehead atoms. The number of nitrogens with one attached hydrogen (secondary N) is 2. The molecule has 2 aliphatic rings. The summed E-state index contributed by atoms with van der Waals surface area (Å²) in [6.07, 6.45) is 7.62. The highest BCUT2D eigenvalue weighted by atomic mass is 16.2. The Kier molecular flexibility index (Phi) is 12.7. The van der Waals surface area contributed by atoms with E-state index in [0.717, 1.165) is 110 Å². The molecule has 0 unspecified atom stereocenters. The predicted molar refractivity (Wildman–Crippen MR) is 218 cm³/mol. The Hall–Kier alpha value is -4.28. The van der Waals surface area contributed by atoms with Gasteiger partial charge in [0.05, 0.1) is 47.9 Å². The summed E-state index contributed by atoms with van der Waals surface area (Å²) in [5, 5.41) is 0. The third kappa shape index (κ3) is 8.05. The maximum absolute atomic E-state index is 13.9. The molecule has 0 aliphatic carbocycles. The van der Waals surface area contributed by atoms with Crippen molar-refractivity contribution < 1.29 is 9.59 Å². The van der Waals surface area contributed by atoms with Crippen LogP contribution in [0.5, 0.6) is 0 Å². The summed E-state index contributed by atoms with van der Waals surface area (Å²) in [5.74, 6) is 2.65. The van der Waals surface area contributed by atoms with E-state index in [1.807, 2.05) is 12.4 Å². The minimum atomic E-state index is -0.117. The second-order valence-electron chi connectivity index (χ2n) is 15.7. The van der Waals surface area contributed by atoms with E-state index in [9.17, 15) is 9.59 Å². The fourth-order valence-corrected chi connectivity index (χ4v) is 8.92. The second kappa shape index (κ2) is 17.5. The average molecular weight is 735 g/mol. The molecule has 0 radical (unpaired) electrons. The lowest BCUT2D eigenvalue weighted by Gasteiger charge is -2.36. The molecule has 0 spiro atoms. The summed E-state index contributed by atoms with van der Waals surface area (Å²) in [4.78, 5) is 53.1. The van der Waals surface area contributed by atoms with Crippen molar-refractivity contribution >= 4 is 11.8 Å². The molecular weight excluding hydrogens is 673 g/mol. The number of hydrogen-bond acceptors (Lipinski definition) is 6. The zero-order valence-corrected chi connectivity index (χ0v) is 33.8. The smallest absolute Gasteiger partial charge is 0.240 e. The van der Waals surface area contributed by atoms with Crippen molar-refractivity contribution in [3.05, 3.63) is 72.6 Å². The number of likely N-dealkylation sites (N-methyl/N-ethyl adjacent to an activating group) is 2. The molecule has 10 heteroatoms. The Bertz CT molecular complexity index is 1690. The Morgan fingerprint density at radius 1 is 0.611 bits per heavy atom. The molecule has 2 aliphatic heterocycles. The van der Waals surface area contributed by atoms with Crippen LogP contribution in [-0.4, -0.2) is 103 Å². The molecule has 2 saturated heterocycles. The molecule has 6 rings (SSSR count). The second-order valence-corrected chi connectivity index (χ2v) is 15.7. The van der Waals surface area contributed by atoms with Crippen LogP contribution in [0.2, 0.25) is 0 Å². The highest BCUT2D eigenvalue weighted by Crippen LogP contribution is 2.36. The van der Waals surface area contributed by atoms with E-state index in [2.05, 4.69) is 133 Å². The van der Waals surface area contributed by atoms with E-state index in [0.29, 0.717) is 0 Å². The molecule has 0 saturated carbocycles. The van der Waals surface area contributed by atoms with E-state index in [1.54, 1.807) is 0 Å². The number of rotatable bonds is 15. The van der Waals surface area contributed by atoms with Gasteiger partial charge in [-0.05, 0) is 86.0 Å². The minimum Gasteiger partial charge on any atom is -0.340 e. The highest BCUT2D eigenvalue weighted by Gasteiger charge is 2.40. The van der Waals surface area contributed by atoms with Crippen LogP contribution in [-0.2, 0) is 9.59 Å². The minimum absolute atomic E-state index is 0.0267. The Balaban J connectivity index is 1.12. The zero-order chi connectivity index (χ0) is 38.5. The van der Waals surface area contributed by atoms with E-state index in [-0.39, 0.29) is 47.8 Å². The third-order valence-corrected chi connectivity index (χ3v) is 11.8. The first kappa shape index (κ1) is 39.4. The highest BCUT2D eigenvalue weighted by molar-refractivity contribution is 5.83. The van der Waals surface area contributed by atoms with E-state index in [1.165, 1.54) is 0 Å². The fourth-order valence-electron chi connectivity index (χ4n) is 8.92. The largest absolute Gasteiger partial charge is 0.340 e. The van der Waals surface area contributed by atoms with Crippen molar-refractivity contribution in [3.63, 3.8) is 0 Å². The molecule has 2 aromatic carbocycles. The van der Waals surface area contributed by atoms with Gasteiger partial charge in [-0.15, -0.1) is 0 Å². The van der Waals surface area contributed by atoms with Crippen LogP contribution in [0.3, 0.4) is 0 Å². The first-order valence-corrected chi connectivity index (χ1v) is 20.5. The van der Waals surface area contributed by atoms with Gasteiger partial charge in [-0.1, -0.05) is 104 Å². The van der Waals surface area contributed by atoms with E-state index >= 15 is 0 Å². The maximum Gasteiger partial charge on any atom is 0.240 e. The van der Waals surface area contributed by atoms with Crippen molar-refractivity contribution in [2.75, 3.05) is 39.3 Å². The maximum atomic E-state index is 13.9. The number of likely N-dealkylation sites (tertiary alicyclic amines) is 2. The number of carbonyl (C=O) groups is 2. The van der Waals surface area contributed by atoms with Gasteiger partial charge < -0.3 is 19.8 Å². The molecule has 4 heterocycles. The molecule has 4 atom stereocenters. The molecule has 4 aromatic rings. The van der Waals surface area contributed by atoms with Gasteiger partial charge in [0.15, 0.2) is 0 Å². The van der Waals surface area contributed by atoms with Crippen LogP contribution in [0, 0.1) is 11.8 Å². The van der Waals surface area contributed by atoms with Gasteiger partial charge in [-0.25, -0.2) is 9.97 Å². The van der Waals surface area contributed by atoms with Crippen molar-refractivity contribution in [2.45, 2.75) is 105 Å². The number of hydrogen-bond donors (Lipinski definition) is 2. The number of aromatic amines is 2. The number of H-pyrrole nitrogens is 2. The normalized spacial score (nSPS) is 18.8. The van der Waals surface area contributed by atoms with Gasteiger partial charge in [0, 0.05) is 13.1 Å². The third-order valence-electron chi connectivity index (χ3n) is 11.8. The molecule has 54 heavy (non-hydrogen) atoms. The average Bonchev–Trinajstić information content (AvgIpc) is 4.02. The summed E-state index contributed by atoms with van der Waals surface area (Å²) >= 11 is 0. The van der Waals surface area contributed by atoms with Crippen molar-refractivity contribution in [1.29, 1.82) is 0 Å². The molecule has 2 N–H and O–H groups in total. The first-order valence-electron chi connectivity index (χ1n) is 20.5. The lowest BCUT2D eigenvalue weighted by atomic mass is 10.00. The van der Waals surface area contributed by atoms with E-state index in [4.69, 9.17) is 9.97 Å². The van der Waals surface area contributed by atoms with Crippen LogP contribution >= 0.6 is 0 Å². The Labute approximate surface area is 322 Å². The quantitative estimate of drug-likeness (QED) is 0.128. The lowest BCUT2D eigenvalue weighted by Crippen LogP contribution is -2.51. The van der Waals surface area contributed by atoms with Crippen LogP contribution in [0.25, 0.3) is 33.6 Å². The topological polar surface area (TPSA) is 104 Å². The van der Waals surface area contributed by atoms with Gasteiger partial charge in [0.25, 0.3) is 0 Å².